The van der Waals surface area contributed by atoms with E-state index in [4.69, 9.17) is 16.3 Å². The molecule has 0 radical (unpaired) electrons. The quantitative estimate of drug-likeness (QED) is 0.249. The summed E-state index contributed by atoms with van der Waals surface area (Å²) in [6.45, 7) is 2.63. The summed E-state index contributed by atoms with van der Waals surface area (Å²) in [5, 5.41) is 20.1. The maximum Gasteiger partial charge on any atom is 0.324 e. The number of rotatable bonds is 8. The van der Waals surface area contributed by atoms with Gasteiger partial charge < -0.3 is 14.8 Å². The number of allylic oxidation sites excluding steroid dienone is 1. The number of aromatic amines is 1. The zero-order valence-electron chi connectivity index (χ0n) is 17.7. The average molecular weight is 489 g/mol. The summed E-state index contributed by atoms with van der Waals surface area (Å²) in [6, 6.07) is 13.3. The molecule has 0 saturated carbocycles. The van der Waals surface area contributed by atoms with E-state index in [0.29, 0.717) is 11.0 Å². The summed E-state index contributed by atoms with van der Waals surface area (Å²) < 4.78 is 32.8. The largest absolute Gasteiger partial charge is 0.507 e. The van der Waals surface area contributed by atoms with Gasteiger partial charge >= 0.3 is 5.97 Å². The Morgan fingerprint density at radius 3 is 2.64 bits per heavy atom. The molecule has 3 aromatic rings. The Bertz CT molecular complexity index is 1330. The molecule has 1 heterocycles. The number of aliphatic hydroxyl groups is 1. The number of benzene rings is 2. The van der Waals surface area contributed by atoms with Crippen molar-refractivity contribution in [3.05, 3.63) is 65.1 Å². The lowest BCUT2D eigenvalue weighted by atomic mass is 10.1. The van der Waals surface area contributed by atoms with Gasteiger partial charge in [-0.05, 0) is 36.2 Å². The van der Waals surface area contributed by atoms with Crippen molar-refractivity contribution in [3.8, 4) is 6.07 Å². The van der Waals surface area contributed by atoms with Gasteiger partial charge in [0.1, 0.15) is 24.3 Å². The van der Waals surface area contributed by atoms with Crippen LogP contribution in [0.1, 0.15) is 19.7 Å². The van der Waals surface area contributed by atoms with E-state index >= 15 is 0 Å². The highest BCUT2D eigenvalue weighted by Crippen LogP contribution is 2.20. The summed E-state index contributed by atoms with van der Waals surface area (Å²) in [4.78, 5) is 19.7. The van der Waals surface area contributed by atoms with E-state index in [1.54, 1.807) is 38.1 Å². The predicted octanol–water partition coefficient (Wildman–Crippen LogP) is 3.56. The monoisotopic (exact) mass is 488 g/mol. The number of aliphatic hydroxyl groups excluding tert-OH is 1. The molecule has 0 aliphatic carbocycles. The second-order valence-corrected chi connectivity index (χ2v) is 9.59. The molecule has 0 spiro atoms. The molecule has 0 saturated heterocycles. The highest BCUT2D eigenvalue weighted by molar-refractivity contribution is 7.89. The SMILES string of the molecule is CC(C)[C@@H](NS(=O)(=O)c1cccc(Cl)c1)C(=O)OC/C(O)=C(\C#N)c1nc2ccccc2[nH]1. The summed E-state index contributed by atoms with van der Waals surface area (Å²) in [6.07, 6.45) is 0. The molecule has 0 aliphatic rings. The molecule has 0 bridgehead atoms. The third kappa shape index (κ3) is 5.70. The van der Waals surface area contributed by atoms with Crippen LogP contribution < -0.4 is 4.72 Å². The molecule has 3 N–H and O–H groups in total. The zero-order chi connectivity index (χ0) is 24.2. The number of hydrogen-bond donors (Lipinski definition) is 3. The molecule has 0 amide bonds. The van der Waals surface area contributed by atoms with Crippen LogP contribution in [-0.2, 0) is 19.6 Å². The maximum absolute atomic E-state index is 12.7. The number of fused-ring (bicyclic) bond motifs is 1. The van der Waals surface area contributed by atoms with E-state index in [1.807, 2.05) is 6.07 Å². The number of carbonyl (C=O) groups is 1. The summed E-state index contributed by atoms with van der Waals surface area (Å²) in [5.74, 6) is -1.79. The molecule has 11 heteroatoms. The number of nitrogens with one attached hydrogen (secondary N) is 2. The van der Waals surface area contributed by atoms with Crippen molar-refractivity contribution in [3.63, 3.8) is 0 Å². The third-order valence-corrected chi connectivity index (χ3v) is 6.36. The number of halogens is 1. The Labute approximate surface area is 195 Å². The van der Waals surface area contributed by atoms with Crippen LogP contribution in [0.4, 0.5) is 0 Å². The number of nitriles is 1. The topological polar surface area (TPSA) is 145 Å². The summed E-state index contributed by atoms with van der Waals surface area (Å²) in [5.41, 5.74) is 1.07. The first-order valence-electron chi connectivity index (χ1n) is 9.84. The van der Waals surface area contributed by atoms with Gasteiger partial charge in [0.25, 0.3) is 0 Å². The van der Waals surface area contributed by atoms with Gasteiger partial charge in [-0.2, -0.15) is 9.98 Å². The number of esters is 1. The van der Waals surface area contributed by atoms with E-state index in [-0.39, 0.29) is 21.3 Å². The van der Waals surface area contributed by atoms with Crippen molar-refractivity contribution in [2.75, 3.05) is 6.61 Å². The number of sulfonamides is 1. The van der Waals surface area contributed by atoms with Gasteiger partial charge in [-0.25, -0.2) is 13.4 Å². The van der Waals surface area contributed by atoms with Crippen molar-refractivity contribution < 1.29 is 23.1 Å². The van der Waals surface area contributed by atoms with Crippen LogP contribution in [-0.4, -0.2) is 42.1 Å². The molecular weight excluding hydrogens is 468 g/mol. The molecular formula is C22H21ClN4O5S. The van der Waals surface area contributed by atoms with Gasteiger partial charge in [0.05, 0.1) is 15.9 Å². The first kappa shape index (κ1) is 24.3. The molecule has 33 heavy (non-hydrogen) atoms. The Kier molecular flexibility index (Phi) is 7.38. The Morgan fingerprint density at radius 2 is 2.00 bits per heavy atom. The van der Waals surface area contributed by atoms with Crippen molar-refractivity contribution in [1.29, 1.82) is 5.26 Å². The molecule has 172 valence electrons. The van der Waals surface area contributed by atoms with E-state index in [0.717, 1.165) is 0 Å². The minimum absolute atomic E-state index is 0.104. The normalized spacial score (nSPS) is 13.4. The van der Waals surface area contributed by atoms with Gasteiger partial charge in [0, 0.05) is 5.02 Å². The van der Waals surface area contributed by atoms with Crippen molar-refractivity contribution in [2.45, 2.75) is 24.8 Å². The number of H-pyrrole nitrogens is 1. The summed E-state index contributed by atoms with van der Waals surface area (Å²) in [7, 11) is -4.07. The number of hydrogen-bond acceptors (Lipinski definition) is 7. The minimum Gasteiger partial charge on any atom is -0.507 e. The highest BCUT2D eigenvalue weighted by atomic mass is 35.5. The lowest BCUT2D eigenvalue weighted by molar-refractivity contribution is -0.146. The smallest absolute Gasteiger partial charge is 0.324 e. The van der Waals surface area contributed by atoms with Gasteiger partial charge in [0.2, 0.25) is 10.0 Å². The van der Waals surface area contributed by atoms with Crippen molar-refractivity contribution >= 4 is 44.2 Å². The Morgan fingerprint density at radius 1 is 1.27 bits per heavy atom. The number of ether oxygens (including phenoxy) is 1. The van der Waals surface area contributed by atoms with Gasteiger partial charge in [-0.3, -0.25) is 4.79 Å². The fraction of sp³-hybridized carbons (Fsp3) is 0.227. The van der Waals surface area contributed by atoms with E-state index < -0.39 is 40.3 Å². The summed E-state index contributed by atoms with van der Waals surface area (Å²) >= 11 is 5.87. The van der Waals surface area contributed by atoms with E-state index in [1.165, 1.54) is 24.3 Å². The van der Waals surface area contributed by atoms with E-state index in [9.17, 15) is 23.6 Å². The number of carbonyl (C=O) groups excluding carboxylic acids is 1. The third-order valence-electron chi connectivity index (χ3n) is 4.69. The molecule has 2 aromatic carbocycles. The fourth-order valence-corrected chi connectivity index (χ4v) is 4.59. The van der Waals surface area contributed by atoms with Crippen LogP contribution in [0.15, 0.2) is 59.2 Å². The van der Waals surface area contributed by atoms with Crippen LogP contribution in [0.2, 0.25) is 5.02 Å². The Balaban J connectivity index is 1.76. The number of para-hydroxylation sites is 2. The number of imidazole rings is 1. The molecule has 9 nitrogen and oxygen atoms in total. The zero-order valence-corrected chi connectivity index (χ0v) is 19.3. The van der Waals surface area contributed by atoms with Crippen LogP contribution in [0.5, 0.6) is 0 Å². The van der Waals surface area contributed by atoms with Gasteiger partial charge in [-0.1, -0.05) is 43.6 Å². The standard InChI is InChI=1S/C22H21ClN4O5S/c1-13(2)20(27-33(30,31)15-7-5-6-14(23)10-15)22(29)32-12-19(28)16(11-24)21-25-17-8-3-4-9-18(17)26-21/h3-10,13,20,27-28H,12H2,1-2H3,(H,25,26)/b19-16-/t20-/m1/s1. The Hall–Kier alpha value is -3.39. The highest BCUT2D eigenvalue weighted by Gasteiger charge is 2.30. The number of aromatic nitrogens is 2. The maximum atomic E-state index is 12.7. The molecule has 1 aromatic heterocycles. The second kappa shape index (κ2) is 10.0. The molecule has 0 aliphatic heterocycles. The van der Waals surface area contributed by atoms with Gasteiger partial charge in [0.15, 0.2) is 11.6 Å². The minimum atomic E-state index is -4.07. The predicted molar refractivity (Wildman–Crippen MR) is 123 cm³/mol. The molecule has 3 rings (SSSR count). The van der Waals surface area contributed by atoms with E-state index in [2.05, 4.69) is 14.7 Å². The van der Waals surface area contributed by atoms with Crippen LogP contribution >= 0.6 is 11.6 Å². The van der Waals surface area contributed by atoms with Gasteiger partial charge in [-0.15, -0.1) is 0 Å². The molecule has 0 unspecified atom stereocenters. The van der Waals surface area contributed by atoms with Crippen molar-refractivity contribution in [1.82, 2.24) is 14.7 Å². The lowest BCUT2D eigenvalue weighted by Gasteiger charge is -2.21. The second-order valence-electron chi connectivity index (χ2n) is 7.44. The average Bonchev–Trinajstić information content (AvgIpc) is 3.20. The number of nitrogens with zero attached hydrogens (tertiary/aromatic N) is 2. The lowest BCUT2D eigenvalue weighted by Crippen LogP contribution is -2.45. The first-order valence-corrected chi connectivity index (χ1v) is 11.7. The van der Waals surface area contributed by atoms with Crippen LogP contribution in [0, 0.1) is 17.2 Å². The molecule has 0 fully saturated rings. The van der Waals surface area contributed by atoms with Crippen LogP contribution in [0.25, 0.3) is 16.6 Å². The van der Waals surface area contributed by atoms with Crippen LogP contribution in [0.3, 0.4) is 0 Å². The molecule has 1 atom stereocenters. The first-order chi connectivity index (χ1) is 15.6. The fourth-order valence-electron chi connectivity index (χ4n) is 2.95. The van der Waals surface area contributed by atoms with Crippen molar-refractivity contribution in [2.24, 2.45) is 5.92 Å².